The summed E-state index contributed by atoms with van der Waals surface area (Å²) in [4.78, 5) is 20.6. The summed E-state index contributed by atoms with van der Waals surface area (Å²) in [6.45, 7) is 1.52. The van der Waals surface area contributed by atoms with E-state index in [0.717, 1.165) is 0 Å². The molecule has 0 radical (unpaired) electrons. The third kappa shape index (κ3) is 4.58. The number of sulfone groups is 1. The number of methoxy groups -OCH3 is 1. The standard InChI is InChI=1S/C20H16Cl2N2O4S/c1-12-17(19(25)28-2)18(15-9-8-14(21)10-16(15)22)24-20(23-12)29(26,27)11-13-6-4-3-5-7-13/h3-10H,11H2,1-2H3. The molecule has 0 unspecified atom stereocenters. The van der Waals surface area contributed by atoms with Crippen LogP contribution in [0.2, 0.25) is 10.0 Å². The molecular formula is C20H16Cl2N2O4S. The maximum absolute atomic E-state index is 12.9. The molecule has 0 bridgehead atoms. The van der Waals surface area contributed by atoms with Gasteiger partial charge in [0.2, 0.25) is 15.0 Å². The van der Waals surface area contributed by atoms with Gasteiger partial charge >= 0.3 is 5.97 Å². The number of rotatable bonds is 5. The first-order valence-electron chi connectivity index (χ1n) is 8.42. The molecule has 6 nitrogen and oxygen atoms in total. The molecule has 0 amide bonds. The largest absolute Gasteiger partial charge is 0.465 e. The molecule has 1 heterocycles. The molecule has 0 saturated carbocycles. The van der Waals surface area contributed by atoms with Crippen LogP contribution in [-0.4, -0.2) is 31.5 Å². The van der Waals surface area contributed by atoms with Gasteiger partial charge in [0.1, 0.15) is 5.56 Å². The number of hydrogen-bond donors (Lipinski definition) is 0. The van der Waals surface area contributed by atoms with Crippen molar-refractivity contribution in [3.05, 3.63) is 75.4 Å². The van der Waals surface area contributed by atoms with E-state index in [4.69, 9.17) is 27.9 Å². The Hall–Kier alpha value is -2.48. The lowest BCUT2D eigenvalue weighted by Crippen LogP contribution is -2.16. The van der Waals surface area contributed by atoms with Gasteiger partial charge < -0.3 is 4.74 Å². The highest BCUT2D eigenvalue weighted by Gasteiger charge is 2.27. The molecule has 3 rings (SSSR count). The summed E-state index contributed by atoms with van der Waals surface area (Å²) in [6.07, 6.45) is 0. The third-order valence-electron chi connectivity index (χ3n) is 4.12. The molecule has 3 aromatic rings. The second-order valence-corrected chi connectivity index (χ2v) is 8.90. The molecule has 150 valence electrons. The van der Waals surface area contributed by atoms with E-state index in [-0.39, 0.29) is 27.7 Å². The van der Waals surface area contributed by atoms with Crippen LogP contribution in [0, 0.1) is 6.92 Å². The van der Waals surface area contributed by atoms with E-state index in [9.17, 15) is 13.2 Å². The fraction of sp³-hybridized carbons (Fsp3) is 0.150. The summed E-state index contributed by atoms with van der Waals surface area (Å²) < 4.78 is 30.7. The highest BCUT2D eigenvalue weighted by atomic mass is 35.5. The van der Waals surface area contributed by atoms with Crippen LogP contribution < -0.4 is 0 Å². The molecule has 29 heavy (non-hydrogen) atoms. The number of ether oxygens (including phenoxy) is 1. The van der Waals surface area contributed by atoms with E-state index >= 15 is 0 Å². The van der Waals surface area contributed by atoms with Crippen molar-refractivity contribution in [1.29, 1.82) is 0 Å². The van der Waals surface area contributed by atoms with Gasteiger partial charge in [-0.25, -0.2) is 23.2 Å². The molecule has 0 fully saturated rings. The predicted molar refractivity (Wildman–Crippen MR) is 111 cm³/mol. The second-order valence-electron chi connectivity index (χ2n) is 6.18. The Balaban J connectivity index is 2.21. The Kier molecular flexibility index (Phi) is 6.21. The summed E-state index contributed by atoms with van der Waals surface area (Å²) in [6, 6.07) is 13.3. The Bertz CT molecular complexity index is 1180. The number of aromatic nitrogens is 2. The smallest absolute Gasteiger partial charge is 0.341 e. The fourth-order valence-electron chi connectivity index (χ4n) is 2.77. The lowest BCUT2D eigenvalue weighted by atomic mass is 10.0. The van der Waals surface area contributed by atoms with Crippen molar-refractivity contribution in [2.75, 3.05) is 7.11 Å². The SMILES string of the molecule is COC(=O)c1c(C)nc(S(=O)(=O)Cc2ccccc2)nc1-c1ccc(Cl)cc1Cl. The zero-order valence-electron chi connectivity index (χ0n) is 15.5. The minimum atomic E-state index is -3.88. The Morgan fingerprint density at radius 2 is 1.76 bits per heavy atom. The van der Waals surface area contributed by atoms with E-state index in [0.29, 0.717) is 16.1 Å². The van der Waals surface area contributed by atoms with E-state index in [1.54, 1.807) is 42.5 Å². The average molecular weight is 451 g/mol. The van der Waals surface area contributed by atoms with Gasteiger partial charge in [0.05, 0.1) is 29.3 Å². The predicted octanol–water partition coefficient (Wildman–Crippen LogP) is 4.52. The van der Waals surface area contributed by atoms with Gasteiger partial charge in [0, 0.05) is 10.6 Å². The number of benzene rings is 2. The number of carbonyl (C=O) groups excluding carboxylic acids is 1. The first-order valence-corrected chi connectivity index (χ1v) is 10.8. The van der Waals surface area contributed by atoms with Gasteiger partial charge in [-0.05, 0) is 30.7 Å². The molecule has 0 N–H and O–H groups in total. The van der Waals surface area contributed by atoms with Crippen LogP contribution in [0.15, 0.2) is 53.7 Å². The van der Waals surface area contributed by atoms with E-state index in [1.807, 2.05) is 0 Å². The lowest BCUT2D eigenvalue weighted by molar-refractivity contribution is 0.0599. The number of halogens is 2. The number of nitrogens with zero attached hydrogens (tertiary/aromatic N) is 2. The van der Waals surface area contributed by atoms with Gasteiger partial charge in [-0.15, -0.1) is 0 Å². The van der Waals surface area contributed by atoms with Crippen LogP contribution in [-0.2, 0) is 20.3 Å². The fourth-order valence-corrected chi connectivity index (χ4v) is 4.53. The molecule has 0 saturated heterocycles. The number of esters is 1. The Labute approximate surface area is 178 Å². The van der Waals surface area contributed by atoms with Crippen molar-refractivity contribution in [2.45, 2.75) is 17.8 Å². The van der Waals surface area contributed by atoms with Gasteiger partial charge in [-0.2, -0.15) is 0 Å². The van der Waals surface area contributed by atoms with Crippen molar-refractivity contribution in [3.63, 3.8) is 0 Å². The van der Waals surface area contributed by atoms with Gasteiger partial charge in [0.25, 0.3) is 0 Å². The second kappa shape index (κ2) is 8.49. The molecule has 0 aliphatic heterocycles. The highest BCUT2D eigenvalue weighted by Crippen LogP contribution is 2.33. The van der Waals surface area contributed by atoms with Crippen molar-refractivity contribution in [2.24, 2.45) is 0 Å². The molecular weight excluding hydrogens is 435 g/mol. The molecule has 0 spiro atoms. The number of carbonyl (C=O) groups is 1. The zero-order chi connectivity index (χ0) is 21.2. The van der Waals surface area contributed by atoms with Crippen molar-refractivity contribution >= 4 is 39.0 Å². The highest BCUT2D eigenvalue weighted by molar-refractivity contribution is 7.90. The molecule has 2 aromatic carbocycles. The topological polar surface area (TPSA) is 86.2 Å². The van der Waals surface area contributed by atoms with Crippen molar-refractivity contribution in [3.8, 4) is 11.3 Å². The maximum atomic E-state index is 12.9. The van der Waals surface area contributed by atoms with E-state index in [1.165, 1.54) is 20.1 Å². The van der Waals surface area contributed by atoms with Gasteiger partial charge in [-0.3, -0.25) is 0 Å². The van der Waals surface area contributed by atoms with Crippen LogP contribution in [0.1, 0.15) is 21.6 Å². The first-order chi connectivity index (χ1) is 13.7. The van der Waals surface area contributed by atoms with Crippen LogP contribution in [0.3, 0.4) is 0 Å². The normalized spacial score (nSPS) is 11.3. The van der Waals surface area contributed by atoms with Gasteiger partial charge in [0.15, 0.2) is 0 Å². The minimum Gasteiger partial charge on any atom is -0.465 e. The minimum absolute atomic E-state index is 0.0374. The molecule has 0 atom stereocenters. The van der Waals surface area contributed by atoms with Crippen LogP contribution >= 0.6 is 23.2 Å². The summed E-state index contributed by atoms with van der Waals surface area (Å²) >= 11 is 12.2. The molecule has 0 aliphatic rings. The molecule has 1 aromatic heterocycles. The Morgan fingerprint density at radius 3 is 2.38 bits per heavy atom. The number of hydrogen-bond acceptors (Lipinski definition) is 6. The lowest BCUT2D eigenvalue weighted by Gasteiger charge is -2.13. The van der Waals surface area contributed by atoms with Crippen molar-refractivity contribution in [1.82, 2.24) is 9.97 Å². The quantitative estimate of drug-likeness (QED) is 0.419. The van der Waals surface area contributed by atoms with E-state index < -0.39 is 21.0 Å². The summed E-state index contributed by atoms with van der Waals surface area (Å²) in [5, 5.41) is 0.209. The van der Waals surface area contributed by atoms with Crippen LogP contribution in [0.4, 0.5) is 0 Å². The summed E-state index contributed by atoms with van der Waals surface area (Å²) in [7, 11) is -2.66. The van der Waals surface area contributed by atoms with Crippen LogP contribution in [0.25, 0.3) is 11.3 Å². The third-order valence-corrected chi connectivity index (χ3v) is 6.12. The summed E-state index contributed by atoms with van der Waals surface area (Å²) in [5.74, 6) is -0.978. The van der Waals surface area contributed by atoms with Gasteiger partial charge in [-0.1, -0.05) is 53.5 Å². The average Bonchev–Trinajstić information content (AvgIpc) is 2.67. The van der Waals surface area contributed by atoms with Crippen molar-refractivity contribution < 1.29 is 17.9 Å². The number of aryl methyl sites for hydroxylation is 1. The summed E-state index contributed by atoms with van der Waals surface area (Å²) in [5.41, 5.74) is 1.21. The molecule has 0 aliphatic carbocycles. The zero-order valence-corrected chi connectivity index (χ0v) is 17.8. The van der Waals surface area contributed by atoms with Crippen LogP contribution in [0.5, 0.6) is 0 Å². The van der Waals surface area contributed by atoms with E-state index in [2.05, 4.69) is 9.97 Å². The maximum Gasteiger partial charge on any atom is 0.341 e. The monoisotopic (exact) mass is 450 g/mol. The Morgan fingerprint density at radius 1 is 1.07 bits per heavy atom. The molecule has 9 heteroatoms. The first kappa shape index (κ1) is 21.2.